The van der Waals surface area contributed by atoms with Crippen molar-refractivity contribution in [2.75, 3.05) is 26.9 Å². The molecule has 0 amide bonds. The van der Waals surface area contributed by atoms with Gasteiger partial charge in [0.2, 0.25) is 0 Å². The van der Waals surface area contributed by atoms with E-state index in [4.69, 9.17) is 19.0 Å². The van der Waals surface area contributed by atoms with Crippen LogP contribution in [0.25, 0.3) is 10.2 Å². The van der Waals surface area contributed by atoms with Crippen molar-refractivity contribution in [3.05, 3.63) is 93.6 Å². The van der Waals surface area contributed by atoms with Crippen LogP contribution in [-0.4, -0.2) is 43.2 Å². The van der Waals surface area contributed by atoms with Crippen LogP contribution in [0.15, 0.2) is 82.7 Å². The summed E-state index contributed by atoms with van der Waals surface area (Å²) < 4.78 is 19.5. The van der Waals surface area contributed by atoms with Crippen LogP contribution >= 0.6 is 11.3 Å². The third-order valence-corrected chi connectivity index (χ3v) is 7.56. The van der Waals surface area contributed by atoms with Gasteiger partial charge in [-0.2, -0.15) is 0 Å². The maximum atomic E-state index is 12.8. The van der Waals surface area contributed by atoms with E-state index in [0.29, 0.717) is 44.2 Å². The minimum Gasteiger partial charge on any atom is -0.494 e. The van der Waals surface area contributed by atoms with Crippen molar-refractivity contribution >= 4 is 33.2 Å². The molecule has 0 aliphatic rings. The first kappa shape index (κ1) is 29.9. The van der Waals surface area contributed by atoms with Crippen molar-refractivity contribution in [3.63, 3.8) is 0 Å². The summed E-state index contributed by atoms with van der Waals surface area (Å²) >= 11 is 1.20. The van der Waals surface area contributed by atoms with E-state index in [9.17, 15) is 9.59 Å². The van der Waals surface area contributed by atoms with Crippen molar-refractivity contribution in [1.82, 2.24) is 4.57 Å². The number of ether oxygens (including phenoxy) is 3. The zero-order valence-corrected chi connectivity index (χ0v) is 24.7. The van der Waals surface area contributed by atoms with E-state index in [1.54, 1.807) is 4.57 Å². The standard InChI is InChI=1S/C32H36N2O6S/c1-5-38-30(35)32(2,3)18-9-20-39-25-13-15-26(16-14-25)40-21-19-34-27-17-12-24(22-28(27)41-31(34)36)29(33-37-4)23-10-7-6-8-11-23/h6-8,10-17,22H,5,9,18-21H2,1-4H3. The van der Waals surface area contributed by atoms with Crippen LogP contribution in [0, 0.1) is 5.41 Å². The second kappa shape index (κ2) is 14.0. The lowest BCUT2D eigenvalue weighted by Gasteiger charge is -2.22. The second-order valence-electron chi connectivity index (χ2n) is 10.1. The Balaban J connectivity index is 1.31. The Kier molecular flexibility index (Phi) is 10.2. The number of esters is 1. The average Bonchev–Trinajstić information content (AvgIpc) is 3.29. The SMILES string of the molecule is CCOC(=O)C(C)(C)CCCOc1ccc(OCCn2c(=O)sc3cc(C(=NOC)c4ccccc4)ccc32)cc1. The molecule has 0 atom stereocenters. The molecule has 0 N–H and O–H groups in total. The quantitative estimate of drug-likeness (QED) is 0.0759. The molecule has 0 aliphatic heterocycles. The molecule has 0 unspecified atom stereocenters. The highest BCUT2D eigenvalue weighted by atomic mass is 32.1. The number of thiazole rings is 1. The van der Waals surface area contributed by atoms with Gasteiger partial charge in [0.1, 0.15) is 30.9 Å². The Bertz CT molecular complexity index is 1520. The van der Waals surface area contributed by atoms with Crippen LogP contribution in [0.5, 0.6) is 11.5 Å². The molecular formula is C32H36N2O6S. The third-order valence-electron chi connectivity index (χ3n) is 6.62. The summed E-state index contributed by atoms with van der Waals surface area (Å²) in [4.78, 5) is 29.9. The van der Waals surface area contributed by atoms with Gasteiger partial charge in [-0.25, -0.2) is 0 Å². The normalized spacial score (nSPS) is 11.9. The first-order valence-corrected chi connectivity index (χ1v) is 14.5. The molecule has 0 radical (unpaired) electrons. The van der Waals surface area contributed by atoms with Gasteiger partial charge in [0.05, 0.1) is 35.4 Å². The highest BCUT2D eigenvalue weighted by Crippen LogP contribution is 2.25. The summed E-state index contributed by atoms with van der Waals surface area (Å²) in [5, 5.41) is 4.22. The molecular weight excluding hydrogens is 540 g/mol. The molecule has 0 spiro atoms. The molecule has 216 valence electrons. The first-order chi connectivity index (χ1) is 19.8. The van der Waals surface area contributed by atoms with E-state index in [2.05, 4.69) is 5.16 Å². The summed E-state index contributed by atoms with van der Waals surface area (Å²) in [5.41, 5.74) is 2.84. The number of hydrogen-bond donors (Lipinski definition) is 0. The zero-order valence-electron chi connectivity index (χ0n) is 23.9. The fourth-order valence-electron chi connectivity index (χ4n) is 4.40. The fourth-order valence-corrected chi connectivity index (χ4v) is 5.36. The molecule has 8 nitrogen and oxygen atoms in total. The van der Waals surface area contributed by atoms with Gasteiger partial charge in [-0.1, -0.05) is 52.9 Å². The fraction of sp³-hybridized carbons (Fsp3) is 0.344. The predicted octanol–water partition coefficient (Wildman–Crippen LogP) is 6.29. The molecule has 1 aromatic heterocycles. The van der Waals surface area contributed by atoms with E-state index < -0.39 is 5.41 Å². The predicted molar refractivity (Wildman–Crippen MR) is 162 cm³/mol. The molecule has 3 aromatic carbocycles. The highest BCUT2D eigenvalue weighted by molar-refractivity contribution is 7.16. The molecule has 0 saturated carbocycles. The second-order valence-corrected chi connectivity index (χ2v) is 11.1. The minimum absolute atomic E-state index is 0.0411. The van der Waals surface area contributed by atoms with E-state index >= 15 is 0 Å². The smallest absolute Gasteiger partial charge is 0.311 e. The van der Waals surface area contributed by atoms with Gasteiger partial charge >= 0.3 is 10.8 Å². The number of nitrogens with zero attached hydrogens (tertiary/aromatic N) is 2. The number of rotatable bonds is 14. The topological polar surface area (TPSA) is 88.4 Å². The molecule has 0 aliphatic carbocycles. The number of oxime groups is 1. The number of carbonyl (C=O) groups excluding carboxylic acids is 1. The van der Waals surface area contributed by atoms with Crippen LogP contribution in [0.4, 0.5) is 0 Å². The minimum atomic E-state index is -0.529. The van der Waals surface area contributed by atoms with E-state index in [1.165, 1.54) is 18.4 Å². The highest BCUT2D eigenvalue weighted by Gasteiger charge is 2.28. The van der Waals surface area contributed by atoms with Gasteiger partial charge in [0.15, 0.2) is 0 Å². The number of benzene rings is 3. The lowest BCUT2D eigenvalue weighted by atomic mass is 9.88. The maximum Gasteiger partial charge on any atom is 0.311 e. The van der Waals surface area contributed by atoms with E-state index in [1.807, 2.05) is 93.6 Å². The van der Waals surface area contributed by atoms with Crippen molar-refractivity contribution in [2.45, 2.75) is 40.2 Å². The third kappa shape index (κ3) is 7.76. The van der Waals surface area contributed by atoms with Crippen molar-refractivity contribution in [3.8, 4) is 11.5 Å². The van der Waals surface area contributed by atoms with Crippen molar-refractivity contribution in [1.29, 1.82) is 0 Å². The lowest BCUT2D eigenvalue weighted by molar-refractivity contribution is -0.153. The maximum absolute atomic E-state index is 12.8. The summed E-state index contributed by atoms with van der Waals surface area (Å²) in [7, 11) is 1.52. The van der Waals surface area contributed by atoms with Crippen LogP contribution in [0.2, 0.25) is 0 Å². The molecule has 0 saturated heterocycles. The summed E-state index contributed by atoms with van der Waals surface area (Å²) in [5.74, 6) is 1.24. The largest absolute Gasteiger partial charge is 0.494 e. The number of aromatic nitrogens is 1. The molecule has 41 heavy (non-hydrogen) atoms. The Morgan fingerprint density at radius 1 is 0.927 bits per heavy atom. The number of hydrogen-bond acceptors (Lipinski definition) is 8. The zero-order chi connectivity index (χ0) is 29.2. The number of fused-ring (bicyclic) bond motifs is 1. The molecule has 1 heterocycles. The summed E-state index contributed by atoms with van der Waals surface area (Å²) in [6.45, 7) is 7.24. The Morgan fingerprint density at radius 3 is 2.27 bits per heavy atom. The Morgan fingerprint density at radius 2 is 1.61 bits per heavy atom. The van der Waals surface area contributed by atoms with Crippen LogP contribution < -0.4 is 14.3 Å². The molecule has 0 fully saturated rings. The van der Waals surface area contributed by atoms with Crippen molar-refractivity contribution < 1.29 is 23.8 Å². The molecule has 4 aromatic rings. The Hall–Kier alpha value is -4.11. The van der Waals surface area contributed by atoms with Gasteiger partial charge in [0, 0.05) is 11.1 Å². The molecule has 9 heteroatoms. The van der Waals surface area contributed by atoms with Gasteiger partial charge < -0.3 is 19.0 Å². The molecule has 0 bridgehead atoms. The first-order valence-electron chi connectivity index (χ1n) is 13.7. The average molecular weight is 577 g/mol. The van der Waals surface area contributed by atoms with Gasteiger partial charge in [-0.05, 0) is 70.0 Å². The van der Waals surface area contributed by atoms with E-state index in [-0.39, 0.29) is 10.8 Å². The lowest BCUT2D eigenvalue weighted by Crippen LogP contribution is -2.27. The van der Waals surface area contributed by atoms with Gasteiger partial charge in [-0.15, -0.1) is 0 Å². The summed E-state index contributed by atoms with van der Waals surface area (Å²) in [6, 6.07) is 23.1. The number of carbonyl (C=O) groups is 1. The van der Waals surface area contributed by atoms with Crippen molar-refractivity contribution in [2.24, 2.45) is 10.6 Å². The Labute approximate surface area is 244 Å². The molecule has 4 rings (SSSR count). The van der Waals surface area contributed by atoms with Gasteiger partial charge in [-0.3, -0.25) is 14.2 Å². The van der Waals surface area contributed by atoms with Gasteiger partial charge in [0.25, 0.3) is 0 Å². The van der Waals surface area contributed by atoms with Crippen LogP contribution in [0.3, 0.4) is 0 Å². The van der Waals surface area contributed by atoms with Crippen LogP contribution in [0.1, 0.15) is 44.7 Å². The van der Waals surface area contributed by atoms with E-state index in [0.717, 1.165) is 33.5 Å². The summed E-state index contributed by atoms with van der Waals surface area (Å²) in [6.07, 6.45) is 1.42. The monoisotopic (exact) mass is 576 g/mol. The van der Waals surface area contributed by atoms with Crippen LogP contribution in [-0.2, 0) is 20.9 Å².